The minimum Gasteiger partial charge on any atom is -0.494 e. The zero-order valence-electron chi connectivity index (χ0n) is 18.1. The molecule has 3 aromatic carbocycles. The van der Waals surface area contributed by atoms with Gasteiger partial charge in [-0.05, 0) is 55.2 Å². The molecule has 0 atom stereocenters. The van der Waals surface area contributed by atoms with Crippen molar-refractivity contribution in [2.45, 2.75) is 25.7 Å². The van der Waals surface area contributed by atoms with E-state index < -0.39 is 0 Å². The van der Waals surface area contributed by atoms with Crippen LogP contribution in [0.2, 0.25) is 0 Å². The normalized spacial score (nSPS) is 10.9. The summed E-state index contributed by atoms with van der Waals surface area (Å²) in [5.41, 5.74) is 2.60. The monoisotopic (exact) mass is 428 g/mol. The molecular formula is C28H28O4. The lowest BCUT2D eigenvalue weighted by atomic mass is 10.0. The van der Waals surface area contributed by atoms with Gasteiger partial charge >= 0.3 is 0 Å². The van der Waals surface area contributed by atoms with Crippen molar-refractivity contribution < 1.29 is 19.4 Å². The molecule has 3 rings (SSSR count). The molecule has 164 valence electrons. The highest BCUT2D eigenvalue weighted by Crippen LogP contribution is 2.17. The van der Waals surface area contributed by atoms with Crippen LogP contribution >= 0.6 is 0 Å². The van der Waals surface area contributed by atoms with Crippen LogP contribution in [0.3, 0.4) is 0 Å². The van der Waals surface area contributed by atoms with Crippen LogP contribution in [0.15, 0.2) is 84.9 Å². The molecule has 0 radical (unpaired) electrons. The van der Waals surface area contributed by atoms with Crippen molar-refractivity contribution in [3.8, 4) is 5.75 Å². The molecule has 0 fully saturated rings. The summed E-state index contributed by atoms with van der Waals surface area (Å²) in [6.45, 7) is 0.855. The average Bonchev–Trinajstić information content (AvgIpc) is 2.85. The Morgan fingerprint density at radius 3 is 1.97 bits per heavy atom. The fourth-order valence-electron chi connectivity index (χ4n) is 3.24. The molecule has 0 aromatic heterocycles. The summed E-state index contributed by atoms with van der Waals surface area (Å²) in [5.74, 6) is 0.528. The van der Waals surface area contributed by atoms with Crippen LogP contribution in [0, 0.1) is 0 Å². The summed E-state index contributed by atoms with van der Waals surface area (Å²) in [5, 5.41) is 8.78. The number of carbonyl (C=O) groups is 2. The van der Waals surface area contributed by atoms with Gasteiger partial charge in [0.25, 0.3) is 0 Å². The lowest BCUT2D eigenvalue weighted by Gasteiger charge is -2.07. The molecule has 4 heteroatoms. The number of ether oxygens (including phenoxy) is 1. The number of benzene rings is 3. The van der Waals surface area contributed by atoms with Crippen molar-refractivity contribution in [1.82, 2.24) is 0 Å². The molecule has 0 saturated carbocycles. The van der Waals surface area contributed by atoms with Crippen LogP contribution in [0.1, 0.15) is 57.5 Å². The second kappa shape index (κ2) is 12.4. The number of hydrogen-bond donors (Lipinski definition) is 1. The largest absolute Gasteiger partial charge is 0.494 e. The Kier molecular flexibility index (Phi) is 8.96. The Hall–Kier alpha value is -3.50. The predicted octanol–water partition coefficient (Wildman–Crippen LogP) is 5.75. The first-order chi connectivity index (χ1) is 15.7. The Morgan fingerprint density at radius 1 is 0.719 bits per heavy atom. The first-order valence-corrected chi connectivity index (χ1v) is 10.9. The van der Waals surface area contributed by atoms with E-state index in [2.05, 4.69) is 0 Å². The second-order valence-electron chi connectivity index (χ2n) is 7.53. The summed E-state index contributed by atoms with van der Waals surface area (Å²) in [4.78, 5) is 25.1. The van der Waals surface area contributed by atoms with Gasteiger partial charge in [0.2, 0.25) is 0 Å². The van der Waals surface area contributed by atoms with Crippen LogP contribution in [0.5, 0.6) is 5.75 Å². The number of aliphatic hydroxyl groups excluding tert-OH is 1. The molecule has 0 unspecified atom stereocenters. The van der Waals surface area contributed by atoms with Crippen molar-refractivity contribution in [2.24, 2.45) is 0 Å². The van der Waals surface area contributed by atoms with Gasteiger partial charge in [-0.25, -0.2) is 0 Å². The van der Waals surface area contributed by atoms with Gasteiger partial charge in [0, 0.05) is 23.3 Å². The zero-order valence-corrected chi connectivity index (χ0v) is 18.1. The number of rotatable bonds is 12. The molecule has 3 aromatic rings. The van der Waals surface area contributed by atoms with Gasteiger partial charge in [-0.1, -0.05) is 67.1 Å². The topological polar surface area (TPSA) is 63.6 Å². The molecule has 0 heterocycles. The van der Waals surface area contributed by atoms with Crippen molar-refractivity contribution in [2.75, 3.05) is 13.2 Å². The first kappa shape index (κ1) is 23.2. The van der Waals surface area contributed by atoms with Crippen molar-refractivity contribution >= 4 is 17.6 Å². The summed E-state index contributed by atoms with van der Waals surface area (Å²) in [7, 11) is 0. The van der Waals surface area contributed by atoms with E-state index in [0.29, 0.717) is 23.3 Å². The third kappa shape index (κ3) is 7.03. The molecule has 0 saturated heterocycles. The standard InChI is InChI=1S/C28H28O4/c29-20-6-1-2-7-21-32-26-17-15-25(16-18-26)28(31)24-13-11-23(12-14-24)27(30)19-10-22-8-4-3-5-9-22/h3-5,8-19,29H,1-2,6-7,20-21H2/b19-10+. The Morgan fingerprint density at radius 2 is 1.31 bits per heavy atom. The van der Waals surface area contributed by atoms with Crippen LogP contribution in [0.25, 0.3) is 6.08 Å². The third-order valence-corrected chi connectivity index (χ3v) is 5.10. The summed E-state index contributed by atoms with van der Waals surface area (Å²) in [6.07, 6.45) is 7.11. The zero-order chi connectivity index (χ0) is 22.6. The van der Waals surface area contributed by atoms with Crippen molar-refractivity contribution in [3.05, 3.63) is 107 Å². The molecule has 0 aliphatic rings. The molecular weight excluding hydrogens is 400 g/mol. The van der Waals surface area contributed by atoms with Gasteiger partial charge in [-0.15, -0.1) is 0 Å². The summed E-state index contributed by atoms with van der Waals surface area (Å²) < 4.78 is 5.71. The Bertz CT molecular complexity index is 1020. The van der Waals surface area contributed by atoms with Crippen LogP contribution in [-0.4, -0.2) is 29.9 Å². The highest BCUT2D eigenvalue weighted by Gasteiger charge is 2.10. The van der Waals surface area contributed by atoms with Crippen molar-refractivity contribution in [1.29, 1.82) is 0 Å². The first-order valence-electron chi connectivity index (χ1n) is 10.9. The maximum absolute atomic E-state index is 12.8. The molecule has 0 spiro atoms. The Balaban J connectivity index is 1.53. The number of aliphatic hydroxyl groups is 1. The van der Waals surface area contributed by atoms with E-state index in [-0.39, 0.29) is 18.2 Å². The van der Waals surface area contributed by atoms with Crippen LogP contribution in [-0.2, 0) is 0 Å². The molecule has 0 aliphatic carbocycles. The number of allylic oxidation sites excluding steroid dienone is 1. The molecule has 1 N–H and O–H groups in total. The highest BCUT2D eigenvalue weighted by molar-refractivity contribution is 6.10. The van der Waals surface area contributed by atoms with E-state index in [0.717, 1.165) is 37.0 Å². The lowest BCUT2D eigenvalue weighted by molar-refractivity contribution is 0.103. The van der Waals surface area contributed by atoms with Gasteiger partial charge < -0.3 is 9.84 Å². The Labute approximate surface area is 189 Å². The third-order valence-electron chi connectivity index (χ3n) is 5.10. The van der Waals surface area contributed by atoms with E-state index in [1.165, 1.54) is 6.08 Å². The minimum absolute atomic E-state index is 0.0978. The lowest BCUT2D eigenvalue weighted by Crippen LogP contribution is -2.03. The van der Waals surface area contributed by atoms with Crippen LogP contribution in [0.4, 0.5) is 0 Å². The quantitative estimate of drug-likeness (QED) is 0.227. The van der Waals surface area contributed by atoms with Gasteiger partial charge in [0.1, 0.15) is 5.75 Å². The summed E-state index contributed by atoms with van der Waals surface area (Å²) >= 11 is 0. The van der Waals surface area contributed by atoms with Gasteiger partial charge in [0.05, 0.1) is 6.61 Å². The number of unbranched alkanes of at least 4 members (excludes halogenated alkanes) is 3. The van der Waals surface area contributed by atoms with Crippen LogP contribution < -0.4 is 4.74 Å². The molecule has 32 heavy (non-hydrogen) atoms. The van der Waals surface area contributed by atoms with E-state index in [4.69, 9.17) is 9.84 Å². The average molecular weight is 429 g/mol. The fourth-order valence-corrected chi connectivity index (χ4v) is 3.24. The molecule has 0 aliphatic heterocycles. The van der Waals surface area contributed by atoms with Crippen molar-refractivity contribution in [3.63, 3.8) is 0 Å². The highest BCUT2D eigenvalue weighted by atomic mass is 16.5. The molecule has 4 nitrogen and oxygen atoms in total. The van der Waals surface area contributed by atoms with Gasteiger partial charge in [-0.2, -0.15) is 0 Å². The predicted molar refractivity (Wildman–Crippen MR) is 127 cm³/mol. The van der Waals surface area contributed by atoms with Gasteiger partial charge in [-0.3, -0.25) is 9.59 Å². The van der Waals surface area contributed by atoms with E-state index in [1.54, 1.807) is 54.6 Å². The maximum Gasteiger partial charge on any atom is 0.193 e. The number of hydrogen-bond acceptors (Lipinski definition) is 4. The SMILES string of the molecule is O=C(/C=C/c1ccccc1)c1ccc(C(=O)c2ccc(OCCCCCCO)cc2)cc1. The maximum atomic E-state index is 12.8. The summed E-state index contributed by atoms with van der Waals surface area (Å²) in [6, 6.07) is 23.5. The molecule has 0 amide bonds. The number of carbonyl (C=O) groups excluding carboxylic acids is 2. The fraction of sp³-hybridized carbons (Fsp3) is 0.214. The smallest absolute Gasteiger partial charge is 0.193 e. The van der Waals surface area contributed by atoms with E-state index in [9.17, 15) is 9.59 Å². The van der Waals surface area contributed by atoms with E-state index in [1.807, 2.05) is 30.3 Å². The molecule has 0 bridgehead atoms. The van der Waals surface area contributed by atoms with E-state index >= 15 is 0 Å². The van der Waals surface area contributed by atoms with Gasteiger partial charge in [0.15, 0.2) is 11.6 Å². The number of ketones is 2. The second-order valence-corrected chi connectivity index (χ2v) is 7.53. The minimum atomic E-state index is -0.106.